The van der Waals surface area contributed by atoms with Gasteiger partial charge < -0.3 is 14.6 Å². The van der Waals surface area contributed by atoms with Gasteiger partial charge in [0, 0.05) is 24.5 Å². The molecule has 0 aliphatic carbocycles. The zero-order chi connectivity index (χ0) is 23.6. The summed E-state index contributed by atoms with van der Waals surface area (Å²) in [5, 5.41) is 2.77. The van der Waals surface area contributed by atoms with Crippen LogP contribution < -0.4 is 5.32 Å². The van der Waals surface area contributed by atoms with Gasteiger partial charge in [-0.15, -0.1) is 0 Å². The van der Waals surface area contributed by atoms with E-state index in [0.29, 0.717) is 18.5 Å². The molecule has 0 aliphatic rings. The maximum Gasteiger partial charge on any atom is 0.328 e. The summed E-state index contributed by atoms with van der Waals surface area (Å²) in [5.74, 6) is -0.397. The fourth-order valence-corrected chi connectivity index (χ4v) is 3.77. The SMILES string of the molecule is COC(=O)[C@H](CCSC)NC(=O)c1cccc(C=C(Cn2ccnc2)c2ccc(F)cc2)c1. The summed E-state index contributed by atoms with van der Waals surface area (Å²) in [6.45, 7) is 0.529. The van der Waals surface area contributed by atoms with Crippen LogP contribution in [-0.2, 0) is 16.1 Å². The van der Waals surface area contributed by atoms with Crippen molar-refractivity contribution in [3.63, 3.8) is 0 Å². The number of hydrogen-bond acceptors (Lipinski definition) is 5. The number of thioether (sulfide) groups is 1. The van der Waals surface area contributed by atoms with Crippen molar-refractivity contribution in [3.05, 3.63) is 89.8 Å². The van der Waals surface area contributed by atoms with Crippen LogP contribution in [0.1, 0.15) is 27.9 Å². The number of ether oxygens (including phenoxy) is 1. The van der Waals surface area contributed by atoms with Crippen LogP contribution in [0.2, 0.25) is 0 Å². The van der Waals surface area contributed by atoms with Crippen molar-refractivity contribution in [1.29, 1.82) is 0 Å². The standard InChI is InChI=1S/C25H26FN3O3S/c1-32-25(31)23(10-13-33-2)28-24(30)20-5-3-4-18(14-20)15-21(16-29-12-11-27-17-29)19-6-8-22(26)9-7-19/h3-9,11-12,14-15,17,23H,10,13,16H2,1-2H3,(H,28,30)/t23-/m0/s1. The molecule has 0 bridgehead atoms. The molecule has 6 nitrogen and oxygen atoms in total. The number of halogens is 1. The Labute approximate surface area is 196 Å². The predicted molar refractivity (Wildman–Crippen MR) is 129 cm³/mol. The van der Waals surface area contributed by atoms with Gasteiger partial charge in [0.25, 0.3) is 5.91 Å². The van der Waals surface area contributed by atoms with Gasteiger partial charge in [-0.25, -0.2) is 14.2 Å². The maximum absolute atomic E-state index is 13.4. The van der Waals surface area contributed by atoms with Crippen LogP contribution in [0.3, 0.4) is 0 Å². The molecule has 1 heterocycles. The first-order chi connectivity index (χ1) is 16.0. The lowest BCUT2D eigenvalue weighted by atomic mass is 10.0. The number of rotatable bonds is 10. The Balaban J connectivity index is 1.86. The van der Waals surface area contributed by atoms with Crippen molar-refractivity contribution in [2.75, 3.05) is 19.1 Å². The van der Waals surface area contributed by atoms with Crippen molar-refractivity contribution in [3.8, 4) is 0 Å². The molecule has 0 saturated heterocycles. The topological polar surface area (TPSA) is 73.2 Å². The van der Waals surface area contributed by atoms with Crippen molar-refractivity contribution < 1.29 is 18.7 Å². The van der Waals surface area contributed by atoms with E-state index in [-0.39, 0.29) is 11.7 Å². The lowest BCUT2D eigenvalue weighted by Crippen LogP contribution is -2.41. The van der Waals surface area contributed by atoms with E-state index in [4.69, 9.17) is 4.74 Å². The summed E-state index contributed by atoms with van der Waals surface area (Å²) >= 11 is 1.59. The summed E-state index contributed by atoms with van der Waals surface area (Å²) in [6, 6.07) is 12.7. The average molecular weight is 468 g/mol. The molecule has 8 heteroatoms. The number of benzene rings is 2. The molecule has 0 radical (unpaired) electrons. The summed E-state index contributed by atoms with van der Waals surface area (Å²) in [7, 11) is 1.31. The van der Waals surface area contributed by atoms with E-state index >= 15 is 0 Å². The molecule has 33 heavy (non-hydrogen) atoms. The van der Waals surface area contributed by atoms with Crippen LogP contribution in [0.5, 0.6) is 0 Å². The van der Waals surface area contributed by atoms with Crippen molar-refractivity contribution in [1.82, 2.24) is 14.9 Å². The first-order valence-electron chi connectivity index (χ1n) is 10.4. The first-order valence-corrected chi connectivity index (χ1v) is 11.8. The van der Waals surface area contributed by atoms with Gasteiger partial charge in [0.2, 0.25) is 0 Å². The number of methoxy groups -OCH3 is 1. The summed E-state index contributed by atoms with van der Waals surface area (Å²) in [6.07, 6.45) is 9.64. The van der Waals surface area contributed by atoms with Crippen LogP contribution in [0, 0.1) is 5.82 Å². The Morgan fingerprint density at radius 1 is 1.21 bits per heavy atom. The number of aromatic nitrogens is 2. The Bertz CT molecular complexity index is 1100. The van der Waals surface area contributed by atoms with Crippen LogP contribution >= 0.6 is 11.8 Å². The lowest BCUT2D eigenvalue weighted by molar-refractivity contribution is -0.142. The smallest absolute Gasteiger partial charge is 0.328 e. The van der Waals surface area contributed by atoms with Crippen LogP contribution in [-0.4, -0.2) is 46.6 Å². The fraction of sp³-hybridized carbons (Fsp3) is 0.240. The first kappa shape index (κ1) is 24.3. The van der Waals surface area contributed by atoms with Crippen molar-refractivity contribution in [2.24, 2.45) is 0 Å². The average Bonchev–Trinajstić information content (AvgIpc) is 3.34. The molecule has 3 aromatic rings. The highest BCUT2D eigenvalue weighted by Crippen LogP contribution is 2.22. The Morgan fingerprint density at radius 2 is 2.00 bits per heavy atom. The molecule has 0 spiro atoms. The number of carbonyl (C=O) groups is 2. The molecule has 0 aliphatic heterocycles. The van der Waals surface area contributed by atoms with Crippen molar-refractivity contribution in [2.45, 2.75) is 19.0 Å². The Kier molecular flexibility index (Phi) is 8.83. The summed E-state index contributed by atoms with van der Waals surface area (Å²) in [4.78, 5) is 29.0. The van der Waals surface area contributed by atoms with Gasteiger partial charge >= 0.3 is 5.97 Å². The highest BCUT2D eigenvalue weighted by molar-refractivity contribution is 7.98. The number of nitrogens with one attached hydrogen (secondary N) is 1. The second-order valence-corrected chi connectivity index (χ2v) is 8.35. The molecule has 1 atom stereocenters. The number of carbonyl (C=O) groups excluding carboxylic acids is 2. The molecule has 1 amide bonds. The number of nitrogens with zero attached hydrogens (tertiary/aromatic N) is 2. The summed E-state index contributed by atoms with van der Waals surface area (Å²) < 4.78 is 20.2. The predicted octanol–water partition coefficient (Wildman–Crippen LogP) is 4.29. The monoisotopic (exact) mass is 467 g/mol. The zero-order valence-corrected chi connectivity index (χ0v) is 19.3. The van der Waals surface area contributed by atoms with Gasteiger partial charge in [-0.05, 0) is 65.5 Å². The van der Waals surface area contributed by atoms with Gasteiger partial charge in [0.1, 0.15) is 11.9 Å². The van der Waals surface area contributed by atoms with Crippen LogP contribution in [0.4, 0.5) is 4.39 Å². The van der Waals surface area contributed by atoms with E-state index in [0.717, 1.165) is 22.5 Å². The highest BCUT2D eigenvalue weighted by Gasteiger charge is 2.21. The van der Waals surface area contributed by atoms with E-state index in [1.807, 2.05) is 29.2 Å². The van der Waals surface area contributed by atoms with E-state index in [1.54, 1.807) is 54.6 Å². The van der Waals surface area contributed by atoms with Crippen molar-refractivity contribution >= 4 is 35.3 Å². The molecular weight excluding hydrogens is 441 g/mol. The molecule has 0 fully saturated rings. The molecule has 2 aromatic carbocycles. The quantitative estimate of drug-likeness (QED) is 0.356. The number of allylic oxidation sites excluding steroid dienone is 1. The van der Waals surface area contributed by atoms with Gasteiger partial charge in [-0.3, -0.25) is 4.79 Å². The van der Waals surface area contributed by atoms with E-state index in [9.17, 15) is 14.0 Å². The minimum absolute atomic E-state index is 0.305. The number of imidazole rings is 1. The van der Waals surface area contributed by atoms with E-state index in [2.05, 4.69) is 10.3 Å². The second kappa shape index (κ2) is 12.0. The minimum Gasteiger partial charge on any atom is -0.467 e. The van der Waals surface area contributed by atoms with Gasteiger partial charge in [0.05, 0.1) is 13.4 Å². The molecule has 1 N–H and O–H groups in total. The van der Waals surface area contributed by atoms with Gasteiger partial charge in [0.15, 0.2) is 0 Å². The molecule has 172 valence electrons. The van der Waals surface area contributed by atoms with E-state index in [1.165, 1.54) is 19.2 Å². The third-order valence-corrected chi connectivity index (χ3v) is 5.66. The largest absolute Gasteiger partial charge is 0.467 e. The van der Waals surface area contributed by atoms with Gasteiger partial charge in [-0.2, -0.15) is 11.8 Å². The van der Waals surface area contributed by atoms with Gasteiger partial charge in [-0.1, -0.05) is 24.3 Å². The minimum atomic E-state index is -0.704. The summed E-state index contributed by atoms with van der Waals surface area (Å²) in [5.41, 5.74) is 3.03. The lowest BCUT2D eigenvalue weighted by Gasteiger charge is -2.16. The zero-order valence-electron chi connectivity index (χ0n) is 18.5. The molecule has 0 saturated carbocycles. The molecule has 0 unspecified atom stereocenters. The maximum atomic E-state index is 13.4. The number of amides is 1. The Hall–Kier alpha value is -3.39. The third kappa shape index (κ3) is 7.05. The van der Waals surface area contributed by atoms with Crippen LogP contribution in [0.15, 0.2) is 67.3 Å². The van der Waals surface area contributed by atoms with Crippen LogP contribution in [0.25, 0.3) is 11.6 Å². The molecular formula is C25H26FN3O3S. The fourth-order valence-electron chi connectivity index (χ4n) is 3.30. The number of hydrogen-bond donors (Lipinski definition) is 1. The molecule has 3 rings (SSSR count). The normalized spacial score (nSPS) is 12.3. The highest BCUT2D eigenvalue weighted by atomic mass is 32.2. The second-order valence-electron chi connectivity index (χ2n) is 7.37. The Morgan fingerprint density at radius 3 is 2.67 bits per heavy atom. The third-order valence-electron chi connectivity index (χ3n) is 5.02. The van der Waals surface area contributed by atoms with E-state index < -0.39 is 12.0 Å². The number of esters is 1. The molecule has 1 aromatic heterocycles.